The van der Waals surface area contributed by atoms with Crippen LogP contribution in [0.2, 0.25) is 0 Å². The summed E-state index contributed by atoms with van der Waals surface area (Å²) < 4.78 is 5.33. The van der Waals surface area contributed by atoms with Gasteiger partial charge in [0.2, 0.25) is 11.8 Å². The maximum atomic E-state index is 13.4. The molecule has 0 saturated heterocycles. The number of hydrogen-bond acceptors (Lipinski definition) is 6. The third-order valence-corrected chi connectivity index (χ3v) is 9.33. The molecule has 1 aliphatic heterocycles. The van der Waals surface area contributed by atoms with Crippen LogP contribution in [-0.2, 0) is 29.2 Å². The molecule has 5 aromatic rings. The third kappa shape index (κ3) is 10.8. The Morgan fingerprint density at radius 2 is 1.33 bits per heavy atom. The number of terminal acetylenes is 1. The summed E-state index contributed by atoms with van der Waals surface area (Å²) >= 11 is 0. The molecule has 290 valence electrons. The van der Waals surface area contributed by atoms with Crippen molar-refractivity contribution in [1.29, 1.82) is 0 Å². The van der Waals surface area contributed by atoms with E-state index in [0.717, 1.165) is 33.5 Å². The van der Waals surface area contributed by atoms with Crippen LogP contribution in [0.15, 0.2) is 115 Å². The van der Waals surface area contributed by atoms with Gasteiger partial charge in [0.05, 0.1) is 17.8 Å². The van der Waals surface area contributed by atoms with Gasteiger partial charge in [-0.15, -0.1) is 6.42 Å². The summed E-state index contributed by atoms with van der Waals surface area (Å²) in [6.45, 7) is 0.893. The number of hydrogen-bond donors (Lipinski definition) is 4. The highest BCUT2D eigenvalue weighted by Gasteiger charge is 2.21. The fourth-order valence-electron chi connectivity index (χ4n) is 6.23. The van der Waals surface area contributed by atoms with E-state index in [1.807, 2.05) is 48.5 Å². The first-order chi connectivity index (χ1) is 28.2. The molecule has 0 saturated carbocycles. The van der Waals surface area contributed by atoms with Crippen LogP contribution in [0.1, 0.15) is 84.6 Å². The van der Waals surface area contributed by atoms with E-state index in [2.05, 4.69) is 33.7 Å². The van der Waals surface area contributed by atoms with Gasteiger partial charge in [-0.3, -0.25) is 19.2 Å². The fraction of sp³-hybridized carbons (Fsp3) is 0.170. The van der Waals surface area contributed by atoms with Crippen LogP contribution in [0, 0.1) is 24.2 Å². The highest BCUT2D eigenvalue weighted by molar-refractivity contribution is 6.05. The molecule has 4 N–H and O–H groups in total. The maximum absolute atomic E-state index is 13.4. The number of nitrogens with zero attached hydrogens (tertiary/aromatic N) is 1. The molecule has 4 amide bonds. The van der Waals surface area contributed by atoms with Crippen molar-refractivity contribution in [3.63, 3.8) is 0 Å². The summed E-state index contributed by atoms with van der Waals surface area (Å²) in [6, 6.07) is 33.2. The van der Waals surface area contributed by atoms with Crippen LogP contribution in [0.4, 0.5) is 11.4 Å². The molecule has 58 heavy (non-hydrogen) atoms. The van der Waals surface area contributed by atoms with Gasteiger partial charge in [-0.05, 0) is 84.1 Å². The van der Waals surface area contributed by atoms with E-state index in [9.17, 15) is 29.1 Å². The van der Waals surface area contributed by atoms with Crippen molar-refractivity contribution in [2.75, 3.05) is 16.8 Å². The number of carboxylic acids is 1. The quantitative estimate of drug-likeness (QED) is 0.0682. The van der Waals surface area contributed by atoms with E-state index in [1.54, 1.807) is 53.4 Å². The lowest BCUT2D eigenvalue weighted by Crippen LogP contribution is -2.31. The van der Waals surface area contributed by atoms with E-state index in [-0.39, 0.29) is 54.3 Å². The molecule has 1 aliphatic rings. The Hall–Kier alpha value is -7.63. The second-order valence-electron chi connectivity index (χ2n) is 13.5. The second kappa shape index (κ2) is 19.3. The van der Waals surface area contributed by atoms with Gasteiger partial charge in [-0.25, -0.2) is 4.79 Å². The number of aromatic carboxylic acids is 1. The van der Waals surface area contributed by atoms with Crippen molar-refractivity contribution in [3.05, 3.63) is 160 Å². The average molecular weight is 773 g/mol. The van der Waals surface area contributed by atoms with Crippen molar-refractivity contribution in [3.8, 4) is 29.9 Å². The summed E-state index contributed by atoms with van der Waals surface area (Å²) in [5, 5.41) is 17.9. The van der Waals surface area contributed by atoms with Crippen LogP contribution in [0.25, 0.3) is 0 Å². The van der Waals surface area contributed by atoms with Gasteiger partial charge in [0.1, 0.15) is 12.4 Å². The van der Waals surface area contributed by atoms with Crippen molar-refractivity contribution in [1.82, 2.24) is 10.6 Å². The van der Waals surface area contributed by atoms with Gasteiger partial charge in [0.15, 0.2) is 0 Å². The van der Waals surface area contributed by atoms with E-state index in [0.29, 0.717) is 43.5 Å². The molecule has 0 spiro atoms. The normalized spacial score (nSPS) is 11.2. The number of amides is 4. The molecule has 11 heteroatoms. The van der Waals surface area contributed by atoms with E-state index >= 15 is 0 Å². The first kappa shape index (κ1) is 40.0. The third-order valence-electron chi connectivity index (χ3n) is 9.33. The lowest BCUT2D eigenvalue weighted by molar-refractivity contribution is -0.122. The number of fused-ring (bicyclic) bond motifs is 2. The molecule has 11 nitrogen and oxygen atoms in total. The SMILES string of the molecule is C#CCOc1cc(NC(=O)c2ccc(CNC(=O)c3ccc(CNC(=O)CCCCC(=O)N4Cc5ccccc5C#Cc5ccccc54)cc3)cc2)cc(C(=O)O)c1. The Bertz CT molecular complexity index is 2440. The first-order valence-electron chi connectivity index (χ1n) is 18.6. The lowest BCUT2D eigenvalue weighted by atomic mass is 10.0. The molecule has 5 aromatic carbocycles. The van der Waals surface area contributed by atoms with Crippen molar-refractivity contribution < 1.29 is 33.8 Å². The number of nitrogens with one attached hydrogen (secondary N) is 3. The Morgan fingerprint density at radius 3 is 2.03 bits per heavy atom. The number of rotatable bonds is 15. The van der Waals surface area contributed by atoms with E-state index in [4.69, 9.17) is 11.2 Å². The summed E-state index contributed by atoms with van der Waals surface area (Å²) in [5.74, 6) is 6.89. The molecular weight excluding hydrogens is 733 g/mol. The topological polar surface area (TPSA) is 154 Å². The van der Waals surface area contributed by atoms with Crippen LogP contribution in [0.5, 0.6) is 5.75 Å². The number of benzene rings is 5. The number of carboxylic acid groups (broad SMARTS) is 1. The standard InChI is InChI=1S/C47H40N4O7/c1-2-25-58-41-27-39(47(56)57)26-40(28-41)50-46(55)37-21-17-33(18-22-37)30-49-45(54)36-19-15-32(16-20-36)29-48-43(52)13-7-8-14-44(53)51-31-38-11-4-3-9-34(38)23-24-35-10-5-6-12-42(35)51/h1,3-6,9-12,15-22,26-28H,7-8,13-14,25,29-31H2,(H,48,52)(H,49,54)(H,50,55)(H,56,57). The molecule has 0 bridgehead atoms. The van der Waals surface area contributed by atoms with Gasteiger partial charge in [0.25, 0.3) is 11.8 Å². The zero-order valence-electron chi connectivity index (χ0n) is 31.5. The van der Waals surface area contributed by atoms with Gasteiger partial charge >= 0.3 is 5.97 Å². The zero-order valence-corrected chi connectivity index (χ0v) is 31.5. The molecule has 0 unspecified atom stereocenters. The van der Waals surface area contributed by atoms with Crippen molar-refractivity contribution >= 4 is 41.0 Å². The lowest BCUT2D eigenvalue weighted by Gasteiger charge is -2.26. The van der Waals surface area contributed by atoms with Crippen LogP contribution in [-0.4, -0.2) is 41.3 Å². The summed E-state index contributed by atoms with van der Waals surface area (Å²) in [4.78, 5) is 65.1. The summed E-state index contributed by atoms with van der Waals surface area (Å²) in [6.07, 6.45) is 6.95. The van der Waals surface area contributed by atoms with Crippen molar-refractivity contribution in [2.24, 2.45) is 0 Å². The van der Waals surface area contributed by atoms with Gasteiger partial charge in [-0.1, -0.05) is 72.4 Å². The molecule has 0 aliphatic carbocycles. The second-order valence-corrected chi connectivity index (χ2v) is 13.5. The Kier molecular flexibility index (Phi) is 13.3. The smallest absolute Gasteiger partial charge is 0.335 e. The Morgan fingerprint density at radius 1 is 0.707 bits per heavy atom. The number of para-hydroxylation sites is 1. The van der Waals surface area contributed by atoms with Gasteiger partial charge in [0, 0.05) is 59.9 Å². The number of carbonyl (C=O) groups excluding carboxylic acids is 4. The largest absolute Gasteiger partial charge is 0.481 e. The van der Waals surface area contributed by atoms with Crippen molar-refractivity contribution in [2.45, 2.75) is 45.3 Å². The number of carbonyl (C=O) groups is 5. The molecule has 1 heterocycles. The zero-order chi connectivity index (χ0) is 40.9. The van der Waals surface area contributed by atoms with Crippen LogP contribution >= 0.6 is 0 Å². The maximum Gasteiger partial charge on any atom is 0.335 e. The molecule has 0 radical (unpaired) electrons. The molecule has 0 fully saturated rings. The predicted octanol–water partition coefficient (Wildman–Crippen LogP) is 6.70. The minimum absolute atomic E-state index is 0.0135. The fourth-order valence-corrected chi connectivity index (χ4v) is 6.23. The summed E-state index contributed by atoms with van der Waals surface area (Å²) in [5.41, 5.74) is 6.02. The number of anilines is 2. The predicted molar refractivity (Wildman–Crippen MR) is 220 cm³/mol. The van der Waals surface area contributed by atoms with E-state index in [1.165, 1.54) is 18.2 Å². The van der Waals surface area contributed by atoms with Gasteiger partial charge < -0.3 is 30.7 Å². The van der Waals surface area contributed by atoms with Crippen LogP contribution < -0.4 is 25.6 Å². The molecule has 0 atom stereocenters. The van der Waals surface area contributed by atoms with Gasteiger partial charge in [-0.2, -0.15) is 0 Å². The molecular formula is C47H40N4O7. The van der Waals surface area contributed by atoms with Crippen LogP contribution in [0.3, 0.4) is 0 Å². The minimum atomic E-state index is -1.18. The highest BCUT2D eigenvalue weighted by Crippen LogP contribution is 2.27. The number of ether oxygens (including phenoxy) is 1. The summed E-state index contributed by atoms with van der Waals surface area (Å²) in [7, 11) is 0. The molecule has 6 rings (SSSR count). The highest BCUT2D eigenvalue weighted by atomic mass is 16.5. The molecule has 0 aromatic heterocycles. The minimum Gasteiger partial charge on any atom is -0.481 e. The Labute approximate surface area is 336 Å². The number of unbranched alkanes of at least 4 members (excludes halogenated alkanes) is 1. The Balaban J connectivity index is 0.913. The average Bonchev–Trinajstić information content (AvgIpc) is 3.23. The monoisotopic (exact) mass is 772 g/mol. The first-order valence-corrected chi connectivity index (χ1v) is 18.6. The van der Waals surface area contributed by atoms with E-state index < -0.39 is 11.9 Å².